The number of rotatable bonds is 6. The molecule has 2 aromatic heterocycles. The number of aromatic nitrogens is 2. The van der Waals surface area contributed by atoms with Gasteiger partial charge in [0.1, 0.15) is 11.5 Å². The second-order valence-electron chi connectivity index (χ2n) is 7.76. The van der Waals surface area contributed by atoms with Gasteiger partial charge >= 0.3 is 0 Å². The van der Waals surface area contributed by atoms with Gasteiger partial charge in [0, 0.05) is 28.0 Å². The first-order valence-corrected chi connectivity index (χ1v) is 12.4. The van der Waals surface area contributed by atoms with Crippen molar-refractivity contribution in [3.05, 3.63) is 87.7 Å². The van der Waals surface area contributed by atoms with E-state index in [0.717, 1.165) is 16.5 Å². The van der Waals surface area contributed by atoms with Crippen molar-refractivity contribution in [1.82, 2.24) is 9.97 Å². The number of benzene rings is 3. The third-order valence-electron chi connectivity index (χ3n) is 5.59. The summed E-state index contributed by atoms with van der Waals surface area (Å²) in [5.74, 6) is 0.961. The van der Waals surface area contributed by atoms with Gasteiger partial charge in [0.25, 0.3) is 5.91 Å². The van der Waals surface area contributed by atoms with E-state index in [4.69, 9.17) is 37.7 Å². The van der Waals surface area contributed by atoms with Crippen molar-refractivity contribution in [3.63, 3.8) is 0 Å². The molecule has 1 N–H and O–H groups in total. The summed E-state index contributed by atoms with van der Waals surface area (Å²) in [6.45, 7) is 0. The normalized spacial score (nSPS) is 10.9. The number of halogens is 2. The van der Waals surface area contributed by atoms with Gasteiger partial charge in [-0.25, -0.2) is 9.97 Å². The molecule has 0 saturated heterocycles. The summed E-state index contributed by atoms with van der Waals surface area (Å²) >= 11 is 13.5. The van der Waals surface area contributed by atoms with Crippen LogP contribution in [-0.2, 0) is 0 Å². The number of nitrogens with zero attached hydrogens (tertiary/aromatic N) is 2. The third-order valence-corrected chi connectivity index (χ3v) is 7.08. The van der Waals surface area contributed by atoms with Gasteiger partial charge in [-0.15, -0.1) is 11.3 Å². The van der Waals surface area contributed by atoms with Crippen molar-refractivity contribution < 1.29 is 14.3 Å². The first kappa shape index (κ1) is 24.1. The standard InChI is InChI=1S/C27H19Cl2N3O3S/c1-34-16-8-9-18(25(12-16)35-2)23-13-19(17-5-3-4-6-22(17)30-23)26(33)32-27-31-24(14-36-27)15-7-10-20(28)21(29)11-15/h3-14H,1-2H3,(H,31,32,33). The summed E-state index contributed by atoms with van der Waals surface area (Å²) in [4.78, 5) is 22.8. The van der Waals surface area contributed by atoms with Gasteiger partial charge in [0.2, 0.25) is 0 Å². The molecule has 36 heavy (non-hydrogen) atoms. The molecule has 5 rings (SSSR count). The quantitative estimate of drug-likeness (QED) is 0.242. The number of carbonyl (C=O) groups is 1. The van der Waals surface area contributed by atoms with Crippen molar-refractivity contribution in [1.29, 1.82) is 0 Å². The number of hydrogen-bond acceptors (Lipinski definition) is 6. The van der Waals surface area contributed by atoms with Crippen LogP contribution >= 0.6 is 34.5 Å². The first-order valence-electron chi connectivity index (χ1n) is 10.8. The van der Waals surface area contributed by atoms with Gasteiger partial charge in [-0.3, -0.25) is 10.1 Å². The highest BCUT2D eigenvalue weighted by molar-refractivity contribution is 7.14. The fraction of sp³-hybridized carbons (Fsp3) is 0.0741. The summed E-state index contributed by atoms with van der Waals surface area (Å²) < 4.78 is 10.9. The lowest BCUT2D eigenvalue weighted by Crippen LogP contribution is -2.13. The number of pyridine rings is 1. The van der Waals surface area contributed by atoms with Crippen molar-refractivity contribution in [2.24, 2.45) is 0 Å². The van der Waals surface area contributed by atoms with Gasteiger partial charge in [-0.05, 0) is 36.4 Å². The number of anilines is 1. The predicted octanol–water partition coefficient (Wildman–Crippen LogP) is 7.60. The fourth-order valence-electron chi connectivity index (χ4n) is 3.80. The van der Waals surface area contributed by atoms with Crippen LogP contribution in [0.1, 0.15) is 10.4 Å². The molecule has 6 nitrogen and oxygen atoms in total. The van der Waals surface area contributed by atoms with E-state index >= 15 is 0 Å². The molecule has 0 radical (unpaired) electrons. The molecule has 5 aromatic rings. The lowest BCUT2D eigenvalue weighted by molar-refractivity contribution is 0.102. The lowest BCUT2D eigenvalue weighted by Gasteiger charge is -2.13. The van der Waals surface area contributed by atoms with Crippen LogP contribution in [0.4, 0.5) is 5.13 Å². The van der Waals surface area contributed by atoms with Crippen molar-refractivity contribution in [2.45, 2.75) is 0 Å². The van der Waals surface area contributed by atoms with Crippen molar-refractivity contribution in [2.75, 3.05) is 19.5 Å². The van der Waals surface area contributed by atoms with Crippen LogP contribution in [0.2, 0.25) is 10.0 Å². The Labute approximate surface area is 221 Å². The molecule has 0 unspecified atom stereocenters. The number of ether oxygens (including phenoxy) is 2. The molecule has 3 aromatic carbocycles. The molecule has 0 bridgehead atoms. The number of fused-ring (bicyclic) bond motifs is 1. The van der Waals surface area contributed by atoms with E-state index in [1.165, 1.54) is 11.3 Å². The number of hydrogen-bond donors (Lipinski definition) is 1. The smallest absolute Gasteiger partial charge is 0.258 e. The molecule has 1 amide bonds. The Morgan fingerprint density at radius 3 is 2.50 bits per heavy atom. The molecule has 0 aliphatic carbocycles. The highest BCUT2D eigenvalue weighted by Crippen LogP contribution is 2.35. The molecular formula is C27H19Cl2N3O3S. The number of nitrogens with one attached hydrogen (secondary N) is 1. The number of thiazole rings is 1. The van der Waals surface area contributed by atoms with Gasteiger partial charge in [0.05, 0.1) is 46.7 Å². The van der Waals surface area contributed by atoms with Crippen LogP contribution in [0.3, 0.4) is 0 Å². The molecule has 0 aliphatic rings. The Kier molecular flexibility index (Phi) is 6.78. The van der Waals surface area contributed by atoms with E-state index in [1.807, 2.05) is 47.8 Å². The zero-order chi connectivity index (χ0) is 25.2. The largest absolute Gasteiger partial charge is 0.497 e. The molecular weight excluding hydrogens is 517 g/mol. The van der Waals surface area contributed by atoms with Gasteiger partial charge in [-0.1, -0.05) is 47.5 Å². The highest BCUT2D eigenvalue weighted by atomic mass is 35.5. The summed E-state index contributed by atoms with van der Waals surface area (Å²) in [7, 11) is 3.18. The Morgan fingerprint density at radius 2 is 1.72 bits per heavy atom. The molecule has 2 heterocycles. The van der Waals surface area contributed by atoms with Gasteiger partial charge < -0.3 is 9.47 Å². The van der Waals surface area contributed by atoms with Crippen molar-refractivity contribution >= 4 is 56.5 Å². The maximum atomic E-state index is 13.4. The highest BCUT2D eigenvalue weighted by Gasteiger charge is 2.18. The monoisotopic (exact) mass is 535 g/mol. The maximum Gasteiger partial charge on any atom is 0.258 e. The summed E-state index contributed by atoms with van der Waals surface area (Å²) in [6.07, 6.45) is 0. The van der Waals surface area contributed by atoms with Crippen LogP contribution < -0.4 is 14.8 Å². The summed E-state index contributed by atoms with van der Waals surface area (Å²) in [5.41, 5.74) is 4.01. The van der Waals surface area contributed by atoms with Crippen molar-refractivity contribution in [3.8, 4) is 34.0 Å². The van der Waals surface area contributed by atoms with E-state index < -0.39 is 0 Å². The number of para-hydroxylation sites is 1. The molecule has 0 spiro atoms. The number of methoxy groups -OCH3 is 2. The molecule has 0 atom stereocenters. The summed E-state index contributed by atoms with van der Waals surface area (Å²) in [6, 6.07) is 20.0. The van der Waals surface area contributed by atoms with E-state index in [-0.39, 0.29) is 5.91 Å². The van der Waals surface area contributed by atoms with Crippen LogP contribution in [0, 0.1) is 0 Å². The van der Waals surface area contributed by atoms with E-state index in [9.17, 15) is 4.79 Å². The lowest BCUT2D eigenvalue weighted by atomic mass is 10.0. The van der Waals surface area contributed by atoms with Gasteiger partial charge in [-0.2, -0.15) is 0 Å². The van der Waals surface area contributed by atoms with Gasteiger partial charge in [0.15, 0.2) is 5.13 Å². The Morgan fingerprint density at radius 1 is 0.889 bits per heavy atom. The Hall–Kier alpha value is -3.65. The van der Waals surface area contributed by atoms with E-state index in [1.54, 1.807) is 38.5 Å². The summed E-state index contributed by atoms with van der Waals surface area (Å²) in [5, 5.41) is 6.88. The van der Waals surface area contributed by atoms with Crippen LogP contribution in [0.5, 0.6) is 11.5 Å². The minimum absolute atomic E-state index is 0.294. The number of carbonyl (C=O) groups excluding carboxylic acids is 1. The maximum absolute atomic E-state index is 13.4. The molecule has 0 saturated carbocycles. The molecule has 0 aliphatic heterocycles. The van der Waals surface area contributed by atoms with E-state index in [0.29, 0.717) is 49.1 Å². The average molecular weight is 536 g/mol. The average Bonchev–Trinajstić information content (AvgIpc) is 3.37. The zero-order valence-corrected chi connectivity index (χ0v) is 21.5. The molecule has 9 heteroatoms. The second-order valence-corrected chi connectivity index (χ2v) is 9.43. The third kappa shape index (κ3) is 4.73. The van der Waals surface area contributed by atoms with Crippen LogP contribution in [0.25, 0.3) is 33.4 Å². The van der Waals surface area contributed by atoms with E-state index in [2.05, 4.69) is 10.3 Å². The van der Waals surface area contributed by atoms with Crippen LogP contribution in [0.15, 0.2) is 72.1 Å². The molecule has 180 valence electrons. The Bertz CT molecular complexity index is 1600. The Balaban J connectivity index is 1.51. The van der Waals surface area contributed by atoms with Crippen LogP contribution in [-0.4, -0.2) is 30.1 Å². The first-order chi connectivity index (χ1) is 17.5. The zero-order valence-electron chi connectivity index (χ0n) is 19.2. The minimum Gasteiger partial charge on any atom is -0.497 e. The minimum atomic E-state index is -0.294. The SMILES string of the molecule is COc1ccc(-c2cc(C(=O)Nc3nc(-c4ccc(Cl)c(Cl)c4)cs3)c3ccccc3n2)c(OC)c1. The number of amides is 1. The second kappa shape index (κ2) is 10.1. The molecule has 0 fully saturated rings. The fourth-order valence-corrected chi connectivity index (χ4v) is 4.81. The topological polar surface area (TPSA) is 73.3 Å². The predicted molar refractivity (Wildman–Crippen MR) is 146 cm³/mol.